The average Bonchev–Trinajstić information content (AvgIpc) is 3.35. The summed E-state index contributed by atoms with van der Waals surface area (Å²) in [6.07, 6.45) is 7.10. The number of benzene rings is 1. The normalized spacial score (nSPS) is 26.7. The van der Waals surface area contributed by atoms with Crippen LogP contribution in [0.5, 0.6) is 5.75 Å². The first kappa shape index (κ1) is 21.8. The molecule has 2 fully saturated rings. The van der Waals surface area contributed by atoms with E-state index in [2.05, 4.69) is 46.4 Å². The van der Waals surface area contributed by atoms with E-state index in [9.17, 15) is 13.9 Å². The van der Waals surface area contributed by atoms with Crippen LogP contribution in [0.25, 0.3) is 22.4 Å². The molecule has 33 heavy (non-hydrogen) atoms. The van der Waals surface area contributed by atoms with E-state index in [1.165, 1.54) is 31.3 Å². The summed E-state index contributed by atoms with van der Waals surface area (Å²) in [4.78, 5) is 2.21. The van der Waals surface area contributed by atoms with E-state index in [0.717, 1.165) is 18.7 Å². The Morgan fingerprint density at radius 2 is 1.82 bits per heavy atom. The monoisotopic (exact) mass is 454 g/mol. The molecule has 0 aliphatic carbocycles. The molecule has 2 aromatic heterocycles. The van der Waals surface area contributed by atoms with Gasteiger partial charge in [-0.3, -0.25) is 0 Å². The molecule has 2 N–H and O–H groups in total. The molecule has 9 heteroatoms. The lowest BCUT2D eigenvalue weighted by molar-refractivity contribution is 0.0566. The Labute approximate surface area is 191 Å². The van der Waals surface area contributed by atoms with Crippen molar-refractivity contribution in [2.45, 2.75) is 63.2 Å². The minimum atomic E-state index is -2.70. The number of fused-ring (bicyclic) bond motifs is 2. The van der Waals surface area contributed by atoms with Crippen LogP contribution in [0.2, 0.25) is 0 Å². The van der Waals surface area contributed by atoms with Crippen LogP contribution in [0, 0.1) is 0 Å². The minimum absolute atomic E-state index is 0.00322. The van der Waals surface area contributed by atoms with Crippen molar-refractivity contribution < 1.29 is 13.9 Å². The van der Waals surface area contributed by atoms with E-state index in [1.54, 1.807) is 12.1 Å². The Kier molecular flexibility index (Phi) is 5.12. The number of hydrogen-bond donors (Lipinski definition) is 2. The molecule has 0 amide bonds. The zero-order chi connectivity index (χ0) is 23.4. The third kappa shape index (κ3) is 4.06. The summed E-state index contributed by atoms with van der Waals surface area (Å²) in [6, 6.07) is 9.14. The first-order chi connectivity index (χ1) is 15.6. The quantitative estimate of drug-likeness (QED) is 0.586. The van der Waals surface area contributed by atoms with E-state index in [1.807, 2.05) is 12.1 Å². The first-order valence-electron chi connectivity index (χ1n) is 11.2. The van der Waals surface area contributed by atoms with Crippen molar-refractivity contribution in [1.29, 1.82) is 0 Å². The summed E-state index contributed by atoms with van der Waals surface area (Å²) in [5.74, 6) is 0.802. The van der Waals surface area contributed by atoms with Gasteiger partial charge in [0.15, 0.2) is 5.82 Å². The van der Waals surface area contributed by atoms with E-state index < -0.39 is 6.55 Å². The van der Waals surface area contributed by atoms with Gasteiger partial charge >= 0.3 is 6.55 Å². The van der Waals surface area contributed by atoms with Gasteiger partial charge in [-0.2, -0.15) is 13.9 Å². The number of nitrogens with zero attached hydrogens (tertiary/aromatic N) is 5. The van der Waals surface area contributed by atoms with Gasteiger partial charge in [0.2, 0.25) is 0 Å². The van der Waals surface area contributed by atoms with Crippen LogP contribution in [-0.4, -0.2) is 49.3 Å². The maximum atomic E-state index is 12.8. The lowest BCUT2D eigenvalue weighted by Gasteiger charge is -2.45. The van der Waals surface area contributed by atoms with Crippen molar-refractivity contribution in [2.75, 3.05) is 11.9 Å². The first-order valence-corrected chi connectivity index (χ1v) is 11.2. The zero-order valence-electron chi connectivity index (χ0n) is 19.0. The highest BCUT2D eigenvalue weighted by Gasteiger charge is 2.49. The summed E-state index contributed by atoms with van der Waals surface area (Å²) in [6.45, 7) is 1.90. The summed E-state index contributed by atoms with van der Waals surface area (Å²) in [7, 11) is 2.07. The third-order valence-electron chi connectivity index (χ3n) is 7.17. The number of phenols is 1. The fraction of sp³-hybridized carbons (Fsp3) is 0.458. The maximum Gasteiger partial charge on any atom is 0.333 e. The number of phenolic OH excluding ortho intramolecular Hbond substituents is 1. The highest BCUT2D eigenvalue weighted by atomic mass is 19.3. The van der Waals surface area contributed by atoms with Crippen LogP contribution in [0.4, 0.5) is 14.6 Å². The fourth-order valence-electron chi connectivity index (χ4n) is 5.46. The van der Waals surface area contributed by atoms with Gasteiger partial charge in [-0.05, 0) is 69.4 Å². The highest BCUT2D eigenvalue weighted by Crippen LogP contribution is 2.43. The molecule has 2 bridgehead atoms. The predicted octanol–water partition coefficient (Wildman–Crippen LogP) is 4.61. The standard InChI is InChI=1S/C24H28F2N6O/c1-23-8-9-24(2,30-23)12-17(11-23)31(3)21-7-6-19(28-29-21)18-5-4-15(10-20(18)33)16-13-27-32(14-16)22(25)26/h4-7,10,13-14,17,22,30,33H,8-9,11-12H2,1-3H3/t17-,23-,24+. The molecule has 1 aromatic carbocycles. The van der Waals surface area contributed by atoms with Crippen LogP contribution in [0.1, 0.15) is 46.1 Å². The number of aromatic nitrogens is 4. The minimum Gasteiger partial charge on any atom is -0.507 e. The molecule has 2 aliphatic heterocycles. The van der Waals surface area contributed by atoms with Gasteiger partial charge < -0.3 is 15.3 Å². The van der Waals surface area contributed by atoms with Crippen LogP contribution in [0.3, 0.4) is 0 Å². The summed E-state index contributed by atoms with van der Waals surface area (Å²) in [5, 5.41) is 26.8. The number of alkyl halides is 2. The second-order valence-electron chi connectivity index (χ2n) is 9.91. The number of piperidine rings is 1. The van der Waals surface area contributed by atoms with Gasteiger partial charge in [0.05, 0.1) is 11.9 Å². The summed E-state index contributed by atoms with van der Waals surface area (Å²) < 4.78 is 26.1. The lowest BCUT2D eigenvalue weighted by Crippen LogP contribution is -2.58. The Morgan fingerprint density at radius 1 is 1.09 bits per heavy atom. The zero-order valence-corrected chi connectivity index (χ0v) is 19.0. The Morgan fingerprint density at radius 3 is 2.39 bits per heavy atom. The van der Waals surface area contributed by atoms with Crippen molar-refractivity contribution in [3.63, 3.8) is 0 Å². The number of hydrogen-bond acceptors (Lipinski definition) is 6. The number of halogens is 2. The molecule has 5 rings (SSSR count). The smallest absolute Gasteiger partial charge is 0.333 e. The van der Waals surface area contributed by atoms with Crippen molar-refractivity contribution >= 4 is 5.82 Å². The predicted molar refractivity (Wildman–Crippen MR) is 122 cm³/mol. The van der Waals surface area contributed by atoms with Gasteiger partial charge in [-0.15, -0.1) is 10.2 Å². The van der Waals surface area contributed by atoms with Gasteiger partial charge in [0.25, 0.3) is 0 Å². The summed E-state index contributed by atoms with van der Waals surface area (Å²) in [5.41, 5.74) is 2.50. The molecule has 4 heterocycles. The molecule has 7 nitrogen and oxygen atoms in total. The molecule has 0 radical (unpaired) electrons. The SMILES string of the molecule is CN(c1ccc(-c2ccc(-c3cnn(C(F)F)c3)cc2O)nn1)[C@H]1C[C@]2(C)CC[C@](C)(C1)N2. The van der Waals surface area contributed by atoms with Crippen LogP contribution >= 0.6 is 0 Å². The molecule has 0 unspecified atom stereocenters. The Bertz CT molecular complexity index is 1150. The van der Waals surface area contributed by atoms with Gasteiger partial charge in [-0.1, -0.05) is 6.07 Å². The number of nitrogens with one attached hydrogen (secondary N) is 1. The molecule has 0 spiro atoms. The van der Waals surface area contributed by atoms with Crippen molar-refractivity contribution in [3.8, 4) is 28.1 Å². The average molecular weight is 455 g/mol. The molecule has 3 aromatic rings. The molecule has 174 valence electrons. The second-order valence-corrected chi connectivity index (χ2v) is 9.91. The molecule has 3 atom stereocenters. The van der Waals surface area contributed by atoms with Crippen molar-refractivity contribution in [1.82, 2.24) is 25.3 Å². The topological polar surface area (TPSA) is 79.1 Å². The van der Waals surface area contributed by atoms with Gasteiger partial charge in [0.1, 0.15) is 5.75 Å². The largest absolute Gasteiger partial charge is 0.507 e. The fourth-order valence-corrected chi connectivity index (χ4v) is 5.46. The lowest BCUT2D eigenvalue weighted by atomic mass is 9.84. The van der Waals surface area contributed by atoms with E-state index in [0.29, 0.717) is 33.1 Å². The highest BCUT2D eigenvalue weighted by molar-refractivity contribution is 5.74. The molecular formula is C24H28F2N6O. The van der Waals surface area contributed by atoms with Gasteiger partial charge in [0, 0.05) is 41.5 Å². The summed E-state index contributed by atoms with van der Waals surface area (Å²) >= 11 is 0. The number of anilines is 1. The van der Waals surface area contributed by atoms with E-state index >= 15 is 0 Å². The molecule has 2 aliphatic rings. The number of rotatable bonds is 5. The van der Waals surface area contributed by atoms with E-state index in [4.69, 9.17) is 0 Å². The second kappa shape index (κ2) is 7.76. The molecule has 2 saturated heterocycles. The number of aromatic hydroxyl groups is 1. The van der Waals surface area contributed by atoms with Gasteiger partial charge in [-0.25, -0.2) is 4.68 Å². The Hall–Kier alpha value is -3.07. The van der Waals surface area contributed by atoms with Crippen LogP contribution in [-0.2, 0) is 0 Å². The van der Waals surface area contributed by atoms with E-state index in [-0.39, 0.29) is 16.8 Å². The van der Waals surface area contributed by atoms with Crippen molar-refractivity contribution in [2.24, 2.45) is 0 Å². The van der Waals surface area contributed by atoms with Crippen molar-refractivity contribution in [3.05, 3.63) is 42.7 Å². The van der Waals surface area contributed by atoms with Crippen LogP contribution < -0.4 is 10.2 Å². The third-order valence-corrected chi connectivity index (χ3v) is 7.17. The molecule has 0 saturated carbocycles. The molecular weight excluding hydrogens is 426 g/mol. The Balaban J connectivity index is 1.34. The van der Waals surface area contributed by atoms with Crippen LogP contribution in [0.15, 0.2) is 42.7 Å². The maximum absolute atomic E-state index is 12.8.